The Morgan fingerprint density at radius 1 is 1.05 bits per heavy atom. The first kappa shape index (κ1) is 28.0. The third-order valence-electron chi connectivity index (χ3n) is 8.04. The summed E-state index contributed by atoms with van der Waals surface area (Å²) in [6.45, 7) is 4.17. The Balaban J connectivity index is 1.19. The number of aromatic nitrogens is 1. The van der Waals surface area contributed by atoms with Crippen molar-refractivity contribution in [3.8, 4) is 11.3 Å². The standard InChI is InChI=1S/C31H31Cl2FN2O5/c1-16(2)15-39-30(37)18-8-11-25(24(34)12-18)36-19-9-10-20(36)14-21(13-19)40-31(38)27-28(35-41-29(27)17-6-7-17)26-22(32)4-3-5-23(26)33/h3-5,8,11-12,16-17,19-21H,6-7,9-10,13-15H2,1-2H3/t19-,20+,21?. The molecule has 1 saturated carbocycles. The van der Waals surface area contributed by atoms with Crippen LogP contribution < -0.4 is 4.90 Å². The monoisotopic (exact) mass is 600 g/mol. The van der Waals surface area contributed by atoms with Gasteiger partial charge in [0.15, 0.2) is 5.76 Å². The third kappa shape index (κ3) is 5.56. The van der Waals surface area contributed by atoms with Gasteiger partial charge in [0.2, 0.25) is 0 Å². The zero-order chi connectivity index (χ0) is 28.8. The molecule has 0 amide bonds. The zero-order valence-corrected chi connectivity index (χ0v) is 24.4. The lowest BCUT2D eigenvalue weighted by molar-refractivity contribution is 0.0201. The number of piperidine rings is 1. The van der Waals surface area contributed by atoms with Crippen molar-refractivity contribution >= 4 is 40.8 Å². The Bertz CT molecular complexity index is 1450. The van der Waals surface area contributed by atoms with E-state index >= 15 is 4.39 Å². The van der Waals surface area contributed by atoms with Crippen LogP contribution >= 0.6 is 23.2 Å². The molecule has 0 N–H and O–H groups in total. The van der Waals surface area contributed by atoms with Gasteiger partial charge in [-0.1, -0.05) is 48.3 Å². The van der Waals surface area contributed by atoms with Gasteiger partial charge < -0.3 is 18.9 Å². The Hall–Kier alpha value is -3.10. The fraction of sp³-hybridized carbons (Fsp3) is 0.452. The van der Waals surface area contributed by atoms with E-state index in [0.29, 0.717) is 45.6 Å². The summed E-state index contributed by atoms with van der Waals surface area (Å²) in [5, 5.41) is 4.94. The number of hydrogen-bond donors (Lipinski definition) is 0. The first-order valence-electron chi connectivity index (χ1n) is 14.1. The molecule has 10 heteroatoms. The van der Waals surface area contributed by atoms with Crippen LogP contribution in [-0.4, -0.2) is 41.9 Å². The molecule has 3 aliphatic rings. The molecule has 3 fully saturated rings. The molecule has 1 unspecified atom stereocenters. The number of halogens is 3. The normalized spacial score (nSPS) is 21.8. The van der Waals surface area contributed by atoms with Crippen molar-refractivity contribution in [3.63, 3.8) is 0 Å². The van der Waals surface area contributed by atoms with Crippen molar-refractivity contribution < 1.29 is 28.0 Å². The number of ether oxygens (including phenoxy) is 2. The minimum absolute atomic E-state index is 0.00246. The largest absolute Gasteiger partial charge is 0.462 e. The summed E-state index contributed by atoms with van der Waals surface area (Å²) in [6.07, 6.45) is 4.31. The molecule has 2 aromatic carbocycles. The number of anilines is 1. The molecule has 3 aromatic rings. The summed E-state index contributed by atoms with van der Waals surface area (Å²) in [7, 11) is 0. The highest BCUT2D eigenvalue weighted by atomic mass is 35.5. The number of nitrogens with zero attached hydrogens (tertiary/aromatic N) is 2. The van der Waals surface area contributed by atoms with Crippen LogP contribution in [0.15, 0.2) is 40.9 Å². The number of rotatable bonds is 8. The van der Waals surface area contributed by atoms with Crippen molar-refractivity contribution in [1.29, 1.82) is 0 Å². The van der Waals surface area contributed by atoms with Gasteiger partial charge in [-0.25, -0.2) is 14.0 Å². The van der Waals surface area contributed by atoms with E-state index in [1.807, 2.05) is 13.8 Å². The number of carbonyl (C=O) groups is 2. The topological polar surface area (TPSA) is 81.9 Å². The number of esters is 2. The molecule has 0 radical (unpaired) electrons. The van der Waals surface area contributed by atoms with Gasteiger partial charge >= 0.3 is 11.9 Å². The first-order chi connectivity index (χ1) is 19.7. The molecule has 216 valence electrons. The van der Waals surface area contributed by atoms with Gasteiger partial charge in [0.1, 0.15) is 23.2 Å². The molecule has 7 nitrogen and oxygen atoms in total. The highest BCUT2D eigenvalue weighted by Crippen LogP contribution is 2.47. The Kier molecular flexibility index (Phi) is 7.72. The summed E-state index contributed by atoms with van der Waals surface area (Å²) < 4.78 is 32.3. The average molecular weight is 602 g/mol. The predicted octanol–water partition coefficient (Wildman–Crippen LogP) is 7.83. The lowest BCUT2D eigenvalue weighted by atomic mass is 9.98. The molecule has 2 aliphatic heterocycles. The van der Waals surface area contributed by atoms with Crippen LogP contribution in [-0.2, 0) is 9.47 Å². The first-order valence-corrected chi connectivity index (χ1v) is 14.9. The van der Waals surface area contributed by atoms with E-state index in [4.69, 9.17) is 37.2 Å². The van der Waals surface area contributed by atoms with E-state index in [0.717, 1.165) is 25.7 Å². The molecule has 2 saturated heterocycles. The smallest absolute Gasteiger partial charge is 0.344 e. The molecule has 3 heterocycles. The molecular weight excluding hydrogens is 570 g/mol. The van der Waals surface area contributed by atoms with Gasteiger partial charge in [-0.05, 0) is 61.9 Å². The summed E-state index contributed by atoms with van der Waals surface area (Å²) in [5.41, 5.74) is 1.66. The SMILES string of the molecule is CC(C)COC(=O)c1ccc(N2[C@@H]3CC[C@H]2CC(OC(=O)c2c(-c4c(Cl)cccc4Cl)noc2C2CC2)C3)c(F)c1. The molecular formula is C31H31Cl2FN2O5. The Morgan fingerprint density at radius 3 is 2.34 bits per heavy atom. The van der Waals surface area contributed by atoms with Crippen LogP contribution in [0.25, 0.3) is 11.3 Å². The van der Waals surface area contributed by atoms with E-state index in [2.05, 4.69) is 10.1 Å². The maximum absolute atomic E-state index is 15.3. The van der Waals surface area contributed by atoms with E-state index in [-0.39, 0.29) is 47.8 Å². The maximum Gasteiger partial charge on any atom is 0.344 e. The van der Waals surface area contributed by atoms with E-state index < -0.39 is 17.8 Å². The van der Waals surface area contributed by atoms with E-state index in [1.54, 1.807) is 30.3 Å². The molecule has 6 rings (SSSR count). The van der Waals surface area contributed by atoms with Gasteiger partial charge in [0, 0.05) is 36.4 Å². The summed E-state index contributed by atoms with van der Waals surface area (Å²) in [6, 6.07) is 9.62. The van der Waals surface area contributed by atoms with Gasteiger partial charge in [-0.2, -0.15) is 0 Å². The second kappa shape index (κ2) is 11.3. The lowest BCUT2D eigenvalue weighted by Gasteiger charge is -2.40. The van der Waals surface area contributed by atoms with Crippen molar-refractivity contribution in [2.75, 3.05) is 11.5 Å². The zero-order valence-electron chi connectivity index (χ0n) is 22.9. The molecule has 1 aliphatic carbocycles. The van der Waals surface area contributed by atoms with Crippen molar-refractivity contribution in [1.82, 2.24) is 5.16 Å². The number of fused-ring (bicyclic) bond motifs is 2. The fourth-order valence-corrected chi connectivity index (χ4v) is 6.59. The summed E-state index contributed by atoms with van der Waals surface area (Å²) >= 11 is 12.9. The van der Waals surface area contributed by atoms with E-state index in [1.165, 1.54) is 6.07 Å². The quantitative estimate of drug-likeness (QED) is 0.243. The molecule has 1 aromatic heterocycles. The summed E-state index contributed by atoms with van der Waals surface area (Å²) in [4.78, 5) is 28.0. The minimum Gasteiger partial charge on any atom is -0.462 e. The molecule has 2 bridgehead atoms. The number of carbonyl (C=O) groups excluding carboxylic acids is 2. The molecule has 41 heavy (non-hydrogen) atoms. The molecule has 0 spiro atoms. The van der Waals surface area contributed by atoms with Gasteiger partial charge in [-0.15, -0.1) is 0 Å². The van der Waals surface area contributed by atoms with Crippen LogP contribution in [0.5, 0.6) is 0 Å². The van der Waals surface area contributed by atoms with E-state index in [9.17, 15) is 9.59 Å². The number of hydrogen-bond acceptors (Lipinski definition) is 7. The Labute approximate surface area is 247 Å². The second-order valence-corrected chi connectivity index (χ2v) is 12.4. The minimum atomic E-state index is -0.533. The Morgan fingerprint density at radius 2 is 1.73 bits per heavy atom. The second-order valence-electron chi connectivity index (χ2n) is 11.6. The summed E-state index contributed by atoms with van der Waals surface area (Å²) in [5.74, 6) is -0.681. The number of benzene rings is 2. The van der Waals surface area contributed by atoms with Crippen molar-refractivity contribution in [2.24, 2.45) is 5.92 Å². The van der Waals surface area contributed by atoms with Gasteiger partial charge in [0.25, 0.3) is 0 Å². The van der Waals surface area contributed by atoms with Crippen molar-refractivity contribution in [3.05, 3.63) is 69.1 Å². The molecule has 3 atom stereocenters. The third-order valence-corrected chi connectivity index (χ3v) is 8.67. The van der Waals surface area contributed by atoms with Crippen molar-refractivity contribution in [2.45, 2.75) is 76.5 Å². The highest BCUT2D eigenvalue weighted by molar-refractivity contribution is 6.39. The van der Waals surface area contributed by atoms with Crippen LogP contribution in [0.4, 0.5) is 10.1 Å². The van der Waals surface area contributed by atoms with Gasteiger partial charge in [-0.3, -0.25) is 0 Å². The maximum atomic E-state index is 15.3. The van der Waals surface area contributed by atoms with Crippen LogP contribution in [0, 0.1) is 11.7 Å². The average Bonchev–Trinajstić information content (AvgIpc) is 3.63. The van der Waals surface area contributed by atoms with Crippen LogP contribution in [0.2, 0.25) is 10.0 Å². The predicted molar refractivity (Wildman–Crippen MR) is 153 cm³/mol. The van der Waals surface area contributed by atoms with Gasteiger partial charge in [0.05, 0.1) is 27.9 Å². The lowest BCUT2D eigenvalue weighted by Crippen LogP contribution is -2.46. The van der Waals surface area contributed by atoms with Crippen LogP contribution in [0.3, 0.4) is 0 Å². The fourth-order valence-electron chi connectivity index (χ4n) is 6.01. The van der Waals surface area contributed by atoms with Crippen LogP contribution in [0.1, 0.15) is 84.8 Å². The highest BCUT2D eigenvalue weighted by Gasteiger charge is 2.44.